The third-order valence-corrected chi connectivity index (χ3v) is 5.90. The molecule has 0 amide bonds. The summed E-state index contributed by atoms with van der Waals surface area (Å²) < 4.78 is 11.4. The van der Waals surface area contributed by atoms with Crippen LogP contribution in [0.5, 0.6) is 11.5 Å². The first-order valence-electron chi connectivity index (χ1n) is 9.24. The van der Waals surface area contributed by atoms with Crippen molar-refractivity contribution in [2.45, 2.75) is 51.3 Å². The van der Waals surface area contributed by atoms with Crippen molar-refractivity contribution >= 4 is 34.8 Å². The van der Waals surface area contributed by atoms with Gasteiger partial charge in [-0.3, -0.25) is 0 Å². The highest BCUT2D eigenvalue weighted by Gasteiger charge is 2.16. The van der Waals surface area contributed by atoms with Crippen LogP contribution in [0.25, 0.3) is 0 Å². The Morgan fingerprint density at radius 3 is 2.37 bits per heavy atom. The Kier molecular flexibility index (Phi) is 7.54. The van der Waals surface area contributed by atoms with Crippen LogP contribution < -0.4 is 14.8 Å². The smallest absolute Gasteiger partial charge is 0.180 e. The van der Waals surface area contributed by atoms with Crippen molar-refractivity contribution in [1.29, 1.82) is 0 Å². The third-order valence-electron chi connectivity index (χ3n) is 4.91. The second kappa shape index (κ2) is 9.88. The van der Waals surface area contributed by atoms with Gasteiger partial charge in [0.1, 0.15) is 6.61 Å². The molecule has 146 valence electrons. The van der Waals surface area contributed by atoms with Gasteiger partial charge >= 0.3 is 0 Å². The molecule has 0 radical (unpaired) electrons. The van der Waals surface area contributed by atoms with Crippen LogP contribution in [0, 0.1) is 0 Å². The van der Waals surface area contributed by atoms with Crippen LogP contribution in [0.15, 0.2) is 30.3 Å². The predicted molar refractivity (Wildman–Crippen MR) is 113 cm³/mol. The van der Waals surface area contributed by atoms with Gasteiger partial charge < -0.3 is 14.8 Å². The van der Waals surface area contributed by atoms with Gasteiger partial charge in [0.2, 0.25) is 0 Å². The van der Waals surface area contributed by atoms with Crippen LogP contribution in [0.2, 0.25) is 15.1 Å². The molecule has 0 bridgehead atoms. The molecule has 3 nitrogen and oxygen atoms in total. The quantitative estimate of drug-likeness (QED) is 0.535. The molecule has 2 aromatic rings. The maximum Gasteiger partial charge on any atom is 0.180 e. The van der Waals surface area contributed by atoms with Crippen LogP contribution in [0.1, 0.15) is 43.2 Å². The highest BCUT2D eigenvalue weighted by Crippen LogP contribution is 2.38. The fourth-order valence-corrected chi connectivity index (χ4v) is 4.19. The zero-order chi connectivity index (χ0) is 19.2. The monoisotopic (exact) mass is 427 g/mol. The van der Waals surface area contributed by atoms with Crippen LogP contribution >= 0.6 is 34.8 Å². The average Bonchev–Trinajstić information content (AvgIpc) is 2.67. The van der Waals surface area contributed by atoms with E-state index in [9.17, 15) is 0 Å². The largest absolute Gasteiger partial charge is 0.493 e. The second-order valence-corrected chi connectivity index (χ2v) is 8.04. The zero-order valence-corrected chi connectivity index (χ0v) is 17.6. The summed E-state index contributed by atoms with van der Waals surface area (Å²) in [6, 6.07) is 9.84. The molecule has 0 atom stereocenters. The van der Waals surface area contributed by atoms with E-state index in [2.05, 4.69) is 5.32 Å². The van der Waals surface area contributed by atoms with Crippen LogP contribution in [-0.4, -0.2) is 13.2 Å². The number of rotatable bonds is 7. The molecule has 0 aliphatic heterocycles. The Balaban J connectivity index is 1.70. The molecule has 6 heteroatoms. The Bertz CT molecular complexity index is 756. The summed E-state index contributed by atoms with van der Waals surface area (Å²) in [5, 5.41) is 5.25. The van der Waals surface area contributed by atoms with E-state index >= 15 is 0 Å². The minimum Gasteiger partial charge on any atom is -0.493 e. The van der Waals surface area contributed by atoms with Gasteiger partial charge in [-0.1, -0.05) is 60.1 Å². The molecule has 1 N–H and O–H groups in total. The van der Waals surface area contributed by atoms with Crippen molar-refractivity contribution in [1.82, 2.24) is 5.32 Å². The van der Waals surface area contributed by atoms with Gasteiger partial charge in [0.15, 0.2) is 11.5 Å². The highest BCUT2D eigenvalue weighted by molar-refractivity contribution is 6.36. The molecule has 3 rings (SSSR count). The molecule has 0 heterocycles. The van der Waals surface area contributed by atoms with E-state index in [1.807, 2.05) is 12.1 Å². The minimum atomic E-state index is 0.217. The maximum atomic E-state index is 6.48. The first kappa shape index (κ1) is 20.6. The Labute approximate surface area is 175 Å². The van der Waals surface area contributed by atoms with Crippen molar-refractivity contribution in [2.75, 3.05) is 7.11 Å². The van der Waals surface area contributed by atoms with Crippen LogP contribution in [-0.2, 0) is 13.2 Å². The van der Waals surface area contributed by atoms with E-state index in [0.717, 1.165) is 17.7 Å². The van der Waals surface area contributed by atoms with E-state index in [4.69, 9.17) is 44.3 Å². The van der Waals surface area contributed by atoms with Gasteiger partial charge in [0, 0.05) is 28.2 Å². The topological polar surface area (TPSA) is 30.5 Å². The standard InChI is InChI=1S/C21H24Cl3NO2/c1-26-20-11-14(12-25-15-6-3-2-4-7-15)10-19(24)21(20)27-13-16-17(22)8-5-9-18(16)23/h5,8-11,15,25H,2-4,6-7,12-13H2,1H3. The Morgan fingerprint density at radius 2 is 1.70 bits per heavy atom. The van der Waals surface area contributed by atoms with Crippen molar-refractivity contribution in [3.05, 3.63) is 56.5 Å². The molecule has 1 saturated carbocycles. The molecule has 0 aromatic heterocycles. The zero-order valence-electron chi connectivity index (χ0n) is 15.4. The van der Waals surface area contributed by atoms with E-state index in [0.29, 0.717) is 32.6 Å². The van der Waals surface area contributed by atoms with E-state index in [-0.39, 0.29) is 6.61 Å². The lowest BCUT2D eigenvalue weighted by Gasteiger charge is -2.23. The van der Waals surface area contributed by atoms with Gasteiger partial charge in [-0.05, 0) is 42.7 Å². The number of halogens is 3. The van der Waals surface area contributed by atoms with Crippen LogP contribution in [0.3, 0.4) is 0 Å². The summed E-state index contributed by atoms with van der Waals surface area (Å²) in [6.07, 6.45) is 6.44. The Hall–Kier alpha value is -1.13. The summed E-state index contributed by atoms with van der Waals surface area (Å²) in [4.78, 5) is 0. The lowest BCUT2D eigenvalue weighted by Crippen LogP contribution is -2.30. The molecule has 1 aliphatic carbocycles. The molecule has 27 heavy (non-hydrogen) atoms. The summed E-state index contributed by atoms with van der Waals surface area (Å²) in [5.41, 5.74) is 1.80. The molecular formula is C21H24Cl3NO2. The van der Waals surface area contributed by atoms with Gasteiger partial charge in [0.05, 0.1) is 12.1 Å². The summed E-state index contributed by atoms with van der Waals surface area (Å²) in [5.74, 6) is 1.10. The summed E-state index contributed by atoms with van der Waals surface area (Å²) in [6.45, 7) is 0.978. The number of hydrogen-bond acceptors (Lipinski definition) is 3. The highest BCUT2D eigenvalue weighted by atomic mass is 35.5. The molecule has 0 unspecified atom stereocenters. The van der Waals surface area contributed by atoms with E-state index in [1.165, 1.54) is 32.1 Å². The molecular weight excluding hydrogens is 405 g/mol. The normalized spacial score (nSPS) is 15.0. The summed E-state index contributed by atoms with van der Waals surface area (Å²) >= 11 is 18.9. The van der Waals surface area contributed by atoms with Gasteiger partial charge in [-0.25, -0.2) is 0 Å². The van der Waals surface area contributed by atoms with Crippen molar-refractivity contribution in [3.63, 3.8) is 0 Å². The molecule has 0 saturated heterocycles. The number of nitrogens with one attached hydrogen (secondary N) is 1. The van der Waals surface area contributed by atoms with Crippen molar-refractivity contribution in [3.8, 4) is 11.5 Å². The fourth-order valence-electron chi connectivity index (χ4n) is 3.40. The fraction of sp³-hybridized carbons (Fsp3) is 0.429. The molecule has 1 aliphatic rings. The predicted octanol–water partition coefficient (Wildman–Crippen LogP) is 6.66. The number of ether oxygens (including phenoxy) is 2. The average molecular weight is 429 g/mol. The van der Waals surface area contributed by atoms with Gasteiger partial charge in [-0.15, -0.1) is 0 Å². The van der Waals surface area contributed by atoms with E-state index < -0.39 is 0 Å². The molecule has 0 spiro atoms. The third kappa shape index (κ3) is 5.45. The van der Waals surface area contributed by atoms with Gasteiger partial charge in [0.25, 0.3) is 0 Å². The van der Waals surface area contributed by atoms with Crippen LogP contribution in [0.4, 0.5) is 0 Å². The maximum absolute atomic E-state index is 6.48. The lowest BCUT2D eigenvalue weighted by atomic mass is 9.95. The second-order valence-electron chi connectivity index (χ2n) is 6.81. The van der Waals surface area contributed by atoms with Gasteiger partial charge in [-0.2, -0.15) is 0 Å². The Morgan fingerprint density at radius 1 is 1.00 bits per heavy atom. The SMILES string of the molecule is COc1cc(CNC2CCCCC2)cc(Cl)c1OCc1c(Cl)cccc1Cl. The first-order chi connectivity index (χ1) is 13.1. The number of methoxy groups -OCH3 is 1. The lowest BCUT2D eigenvalue weighted by molar-refractivity contribution is 0.284. The summed E-state index contributed by atoms with van der Waals surface area (Å²) in [7, 11) is 1.61. The molecule has 1 fully saturated rings. The minimum absolute atomic E-state index is 0.217. The molecule has 2 aromatic carbocycles. The first-order valence-corrected chi connectivity index (χ1v) is 10.4. The number of benzene rings is 2. The van der Waals surface area contributed by atoms with Crippen molar-refractivity contribution < 1.29 is 9.47 Å². The number of hydrogen-bond donors (Lipinski definition) is 1. The van der Waals surface area contributed by atoms with Crippen molar-refractivity contribution in [2.24, 2.45) is 0 Å². The van der Waals surface area contributed by atoms with E-state index in [1.54, 1.807) is 25.3 Å².